The number of carbonyl (C=O) groups is 2. The molecule has 1 atom stereocenters. The van der Waals surface area contributed by atoms with Crippen molar-refractivity contribution in [1.82, 2.24) is 15.2 Å². The highest BCUT2D eigenvalue weighted by Crippen LogP contribution is 2.25. The fraction of sp³-hybridized carbons (Fsp3) is 0.304. The second-order valence-corrected chi connectivity index (χ2v) is 8.07. The maximum Gasteiger partial charge on any atom is 0.252 e. The van der Waals surface area contributed by atoms with E-state index < -0.39 is 6.04 Å². The van der Waals surface area contributed by atoms with Gasteiger partial charge in [-0.25, -0.2) is 0 Å². The number of aromatic nitrogens is 1. The normalized spacial score (nSPS) is 15.9. The molecule has 156 valence electrons. The number of hydrogen-bond acceptors (Lipinski definition) is 3. The molecule has 2 amide bonds. The highest BCUT2D eigenvalue weighted by Gasteiger charge is 2.30. The lowest BCUT2D eigenvalue weighted by Crippen LogP contribution is -2.46. The lowest BCUT2D eigenvalue weighted by molar-refractivity contribution is -0.135. The monoisotopic (exact) mass is 425 g/mol. The number of likely N-dealkylation sites (tertiary alicyclic amines) is 1. The molecule has 4 rings (SSSR count). The maximum atomic E-state index is 13.3. The second-order valence-electron chi connectivity index (χ2n) is 7.67. The molecule has 1 fully saturated rings. The first-order valence-electron chi connectivity index (χ1n) is 10.1. The van der Waals surface area contributed by atoms with Gasteiger partial charge < -0.3 is 20.3 Å². The summed E-state index contributed by atoms with van der Waals surface area (Å²) in [4.78, 5) is 31.1. The summed E-state index contributed by atoms with van der Waals surface area (Å²) in [6, 6.07) is 13.7. The van der Waals surface area contributed by atoms with Gasteiger partial charge in [0.1, 0.15) is 6.04 Å². The van der Waals surface area contributed by atoms with Gasteiger partial charge >= 0.3 is 0 Å². The van der Waals surface area contributed by atoms with Crippen LogP contribution >= 0.6 is 11.6 Å². The summed E-state index contributed by atoms with van der Waals surface area (Å²) in [5.74, 6) is -0.219. The Hall–Kier alpha value is -2.83. The summed E-state index contributed by atoms with van der Waals surface area (Å²) < 4.78 is 0. The van der Waals surface area contributed by atoms with Crippen molar-refractivity contribution in [1.29, 1.82) is 0 Å². The smallest absolute Gasteiger partial charge is 0.252 e. The molecule has 3 aromatic rings. The molecule has 0 radical (unpaired) electrons. The van der Waals surface area contributed by atoms with Crippen LogP contribution in [0.5, 0.6) is 0 Å². The molecule has 7 heteroatoms. The van der Waals surface area contributed by atoms with Crippen LogP contribution in [0.2, 0.25) is 5.02 Å². The van der Waals surface area contributed by atoms with Crippen LogP contribution in [0.1, 0.15) is 34.8 Å². The predicted octanol–water partition coefficient (Wildman–Crippen LogP) is 3.52. The van der Waals surface area contributed by atoms with Gasteiger partial charge in [-0.2, -0.15) is 0 Å². The molecule has 0 saturated carbocycles. The van der Waals surface area contributed by atoms with Gasteiger partial charge in [0.05, 0.1) is 5.02 Å². The van der Waals surface area contributed by atoms with Crippen LogP contribution in [0.3, 0.4) is 0 Å². The molecule has 30 heavy (non-hydrogen) atoms. The molecule has 2 aromatic carbocycles. The molecular formula is C23H24ClN3O3. The van der Waals surface area contributed by atoms with Crippen molar-refractivity contribution >= 4 is 34.3 Å². The van der Waals surface area contributed by atoms with E-state index in [2.05, 4.69) is 10.3 Å². The van der Waals surface area contributed by atoms with Crippen molar-refractivity contribution in [2.45, 2.75) is 18.9 Å². The fourth-order valence-electron chi connectivity index (χ4n) is 3.90. The molecule has 1 saturated heterocycles. The summed E-state index contributed by atoms with van der Waals surface area (Å²) in [5, 5.41) is 13.7. The Morgan fingerprint density at radius 1 is 1.17 bits per heavy atom. The van der Waals surface area contributed by atoms with E-state index in [0.29, 0.717) is 23.7 Å². The topological polar surface area (TPSA) is 85.4 Å². The number of carbonyl (C=O) groups excluding carboxylic acids is 2. The van der Waals surface area contributed by atoms with Gasteiger partial charge in [0.15, 0.2) is 0 Å². The van der Waals surface area contributed by atoms with Crippen LogP contribution in [0.15, 0.2) is 54.7 Å². The average molecular weight is 426 g/mol. The first-order chi connectivity index (χ1) is 14.6. The van der Waals surface area contributed by atoms with E-state index in [1.165, 1.54) is 0 Å². The average Bonchev–Trinajstić information content (AvgIpc) is 3.17. The molecule has 2 heterocycles. The lowest BCUT2D eigenvalue weighted by Gasteiger charge is -2.34. The third kappa shape index (κ3) is 4.20. The Morgan fingerprint density at radius 3 is 2.60 bits per heavy atom. The Bertz CT molecular complexity index is 1040. The van der Waals surface area contributed by atoms with E-state index in [1.807, 2.05) is 30.3 Å². The molecule has 6 nitrogen and oxygen atoms in total. The first kappa shape index (κ1) is 20.4. The van der Waals surface area contributed by atoms with Crippen molar-refractivity contribution in [2.75, 3.05) is 19.7 Å². The number of nitrogens with zero attached hydrogens (tertiary/aromatic N) is 1. The van der Waals surface area contributed by atoms with Crippen LogP contribution in [0, 0.1) is 5.92 Å². The third-order valence-electron chi connectivity index (χ3n) is 5.73. The number of aromatic amines is 1. The quantitative estimate of drug-likeness (QED) is 0.584. The summed E-state index contributed by atoms with van der Waals surface area (Å²) in [6.45, 7) is 1.30. The zero-order valence-corrected chi connectivity index (χ0v) is 17.2. The number of aliphatic hydroxyl groups excluding tert-OH is 1. The van der Waals surface area contributed by atoms with E-state index in [0.717, 1.165) is 29.3 Å². The number of amides is 2. The first-order valence-corrected chi connectivity index (χ1v) is 10.5. The standard InChI is InChI=1S/C23H24ClN3O3/c24-19-13-25-20-12-17(6-7-18(19)20)22(29)26-21(16-4-2-1-3-5-16)23(30)27-10-8-15(14-28)9-11-27/h1-7,12-13,15,21,25,28H,8-11,14H2,(H,26,29)/t21-/m1/s1. The van der Waals surface area contributed by atoms with E-state index in [4.69, 9.17) is 11.6 Å². The highest BCUT2D eigenvalue weighted by atomic mass is 35.5. The van der Waals surface area contributed by atoms with Crippen LogP contribution < -0.4 is 5.32 Å². The molecule has 0 aliphatic carbocycles. The van der Waals surface area contributed by atoms with Gasteiger partial charge in [-0.05, 0) is 36.5 Å². The minimum absolute atomic E-state index is 0.130. The van der Waals surface area contributed by atoms with Crippen molar-refractivity contribution in [3.05, 3.63) is 70.9 Å². The Morgan fingerprint density at radius 2 is 1.90 bits per heavy atom. The van der Waals surface area contributed by atoms with Crippen molar-refractivity contribution in [2.24, 2.45) is 5.92 Å². The Labute approximate surface area is 179 Å². The number of rotatable bonds is 5. The third-order valence-corrected chi connectivity index (χ3v) is 6.05. The number of halogens is 1. The minimum atomic E-state index is -0.771. The SMILES string of the molecule is O=C(N[C@@H](C(=O)N1CCC(CO)CC1)c1ccccc1)c1ccc2c(Cl)c[nH]c2c1. The summed E-state index contributed by atoms with van der Waals surface area (Å²) in [7, 11) is 0. The van der Waals surface area contributed by atoms with Crippen LogP contribution in [-0.2, 0) is 4.79 Å². The molecule has 1 aliphatic rings. The van der Waals surface area contributed by atoms with E-state index >= 15 is 0 Å². The zero-order chi connectivity index (χ0) is 21.1. The number of H-pyrrole nitrogens is 1. The van der Waals surface area contributed by atoms with Crippen molar-refractivity contribution < 1.29 is 14.7 Å². The second kappa shape index (κ2) is 8.90. The van der Waals surface area contributed by atoms with Gasteiger partial charge in [-0.15, -0.1) is 0 Å². The Kier molecular flexibility index (Phi) is 6.06. The Balaban J connectivity index is 1.56. The maximum absolute atomic E-state index is 13.3. The summed E-state index contributed by atoms with van der Waals surface area (Å²) in [5.41, 5.74) is 1.96. The lowest BCUT2D eigenvalue weighted by atomic mass is 9.96. The van der Waals surface area contributed by atoms with Crippen LogP contribution in [-0.4, -0.2) is 46.5 Å². The van der Waals surface area contributed by atoms with Gasteiger partial charge in [-0.1, -0.05) is 48.0 Å². The van der Waals surface area contributed by atoms with Gasteiger partial charge in [0, 0.05) is 42.4 Å². The van der Waals surface area contributed by atoms with Crippen molar-refractivity contribution in [3.63, 3.8) is 0 Å². The molecule has 0 unspecified atom stereocenters. The summed E-state index contributed by atoms with van der Waals surface area (Å²) >= 11 is 6.12. The van der Waals surface area contributed by atoms with Crippen molar-refractivity contribution in [3.8, 4) is 0 Å². The molecular weight excluding hydrogens is 402 g/mol. The molecule has 1 aliphatic heterocycles. The van der Waals surface area contributed by atoms with Gasteiger partial charge in [0.25, 0.3) is 5.91 Å². The van der Waals surface area contributed by atoms with E-state index in [9.17, 15) is 14.7 Å². The molecule has 3 N–H and O–H groups in total. The largest absolute Gasteiger partial charge is 0.396 e. The number of nitrogens with one attached hydrogen (secondary N) is 2. The number of fused-ring (bicyclic) bond motifs is 1. The molecule has 0 bridgehead atoms. The minimum Gasteiger partial charge on any atom is -0.396 e. The van der Waals surface area contributed by atoms with Crippen LogP contribution in [0.4, 0.5) is 0 Å². The predicted molar refractivity (Wildman–Crippen MR) is 116 cm³/mol. The molecule has 1 aromatic heterocycles. The van der Waals surface area contributed by atoms with Crippen LogP contribution in [0.25, 0.3) is 10.9 Å². The number of benzene rings is 2. The molecule has 0 spiro atoms. The van der Waals surface area contributed by atoms with Gasteiger partial charge in [0.2, 0.25) is 5.91 Å². The number of aliphatic hydroxyl groups is 1. The fourth-order valence-corrected chi connectivity index (χ4v) is 4.12. The van der Waals surface area contributed by atoms with E-state index in [1.54, 1.807) is 29.3 Å². The summed E-state index contributed by atoms with van der Waals surface area (Å²) in [6.07, 6.45) is 3.21. The number of piperidine rings is 1. The number of hydrogen-bond donors (Lipinski definition) is 3. The zero-order valence-electron chi connectivity index (χ0n) is 16.5. The highest BCUT2D eigenvalue weighted by molar-refractivity contribution is 6.35. The van der Waals surface area contributed by atoms with Gasteiger partial charge in [-0.3, -0.25) is 9.59 Å². The van der Waals surface area contributed by atoms with E-state index in [-0.39, 0.29) is 24.3 Å².